The number of hydrogen-bond acceptors (Lipinski definition) is 8. The lowest BCUT2D eigenvalue weighted by Crippen LogP contribution is -2.29. The molecule has 1 aromatic carbocycles. The van der Waals surface area contributed by atoms with Crippen molar-refractivity contribution < 1.29 is 9.47 Å². The van der Waals surface area contributed by atoms with Crippen LogP contribution in [0, 0.1) is 0 Å². The highest BCUT2D eigenvalue weighted by Crippen LogP contribution is 2.30. The zero-order chi connectivity index (χ0) is 23.6. The maximum absolute atomic E-state index is 12.7. The largest absolute Gasteiger partial charge is 0.348 e. The molecule has 1 unspecified atom stereocenters. The van der Waals surface area contributed by atoms with Crippen molar-refractivity contribution in [3.63, 3.8) is 0 Å². The first-order valence-corrected chi connectivity index (χ1v) is 12.4. The van der Waals surface area contributed by atoms with Crippen LogP contribution in [0.3, 0.4) is 0 Å². The predicted octanol–water partition coefficient (Wildman–Crippen LogP) is 2.89. The van der Waals surface area contributed by atoms with E-state index in [1.165, 1.54) is 5.56 Å². The fraction of sp³-hybridized carbons (Fsp3) is 0.423. The van der Waals surface area contributed by atoms with Gasteiger partial charge in [-0.05, 0) is 67.1 Å². The standard InChI is InChI=1S/C26H30N6O3/c33-26-24-19(7-10-28-26)13-22(20-14-29-32(15-20)16-23-34-11-12-35-23)31-25(24)30-21-3-1-17(2-4-21)18-5-8-27-9-6-18/h1-4,7,10,13-14,18,20,23,27H,5-6,8-9,11-12,15-16H2,(H,28,33)(H,30,31). The number of hydrazone groups is 1. The Balaban J connectivity index is 1.25. The molecule has 9 nitrogen and oxygen atoms in total. The third-order valence-corrected chi connectivity index (χ3v) is 7.01. The van der Waals surface area contributed by atoms with E-state index >= 15 is 0 Å². The predicted molar refractivity (Wildman–Crippen MR) is 135 cm³/mol. The summed E-state index contributed by atoms with van der Waals surface area (Å²) >= 11 is 0. The molecule has 3 aromatic rings. The Labute approximate surface area is 203 Å². The summed E-state index contributed by atoms with van der Waals surface area (Å²) in [5, 5.41) is 14.7. The molecule has 0 radical (unpaired) electrons. The van der Waals surface area contributed by atoms with Gasteiger partial charge in [-0.1, -0.05) is 12.1 Å². The van der Waals surface area contributed by atoms with Crippen molar-refractivity contribution in [1.82, 2.24) is 20.3 Å². The maximum atomic E-state index is 12.7. The van der Waals surface area contributed by atoms with Crippen molar-refractivity contribution >= 4 is 28.5 Å². The van der Waals surface area contributed by atoms with E-state index in [0.717, 1.165) is 42.7 Å². The number of pyridine rings is 2. The number of nitrogens with zero attached hydrogens (tertiary/aromatic N) is 3. The molecular formula is C26H30N6O3. The summed E-state index contributed by atoms with van der Waals surface area (Å²) in [5.41, 5.74) is 2.98. The minimum Gasteiger partial charge on any atom is -0.348 e. The van der Waals surface area contributed by atoms with E-state index in [1.54, 1.807) is 6.20 Å². The van der Waals surface area contributed by atoms with E-state index in [0.29, 0.717) is 43.4 Å². The number of hydrogen-bond donors (Lipinski definition) is 3. The number of fused-ring (bicyclic) bond motifs is 1. The smallest absolute Gasteiger partial charge is 0.259 e. The van der Waals surface area contributed by atoms with Crippen LogP contribution in [0.4, 0.5) is 11.5 Å². The van der Waals surface area contributed by atoms with Crippen molar-refractivity contribution in [2.75, 3.05) is 44.7 Å². The lowest BCUT2D eigenvalue weighted by molar-refractivity contribution is -0.0603. The average molecular weight is 475 g/mol. The minimum atomic E-state index is -0.237. The highest BCUT2D eigenvalue weighted by atomic mass is 16.7. The molecule has 182 valence electrons. The van der Waals surface area contributed by atoms with Crippen molar-refractivity contribution in [2.45, 2.75) is 31.0 Å². The summed E-state index contributed by atoms with van der Waals surface area (Å²) in [7, 11) is 0. The van der Waals surface area contributed by atoms with Gasteiger partial charge in [0.1, 0.15) is 5.82 Å². The molecule has 35 heavy (non-hydrogen) atoms. The molecule has 0 amide bonds. The summed E-state index contributed by atoms with van der Waals surface area (Å²) < 4.78 is 11.1. The first-order chi connectivity index (χ1) is 17.2. The van der Waals surface area contributed by atoms with Crippen LogP contribution in [0.15, 0.2) is 52.5 Å². The first-order valence-electron chi connectivity index (χ1n) is 12.4. The fourth-order valence-electron chi connectivity index (χ4n) is 5.12. The van der Waals surface area contributed by atoms with E-state index in [-0.39, 0.29) is 17.8 Å². The average Bonchev–Trinajstić information content (AvgIpc) is 3.58. The van der Waals surface area contributed by atoms with Crippen LogP contribution in [-0.4, -0.2) is 66.9 Å². The van der Waals surface area contributed by atoms with Crippen LogP contribution in [0.5, 0.6) is 0 Å². The molecule has 0 bridgehead atoms. The third-order valence-electron chi connectivity index (χ3n) is 7.01. The first kappa shape index (κ1) is 22.2. The number of nitrogens with one attached hydrogen (secondary N) is 3. The normalized spacial score (nSPS) is 21.3. The minimum absolute atomic E-state index is 0.0166. The summed E-state index contributed by atoms with van der Waals surface area (Å²) in [6.45, 7) is 4.67. The lowest BCUT2D eigenvalue weighted by Gasteiger charge is -2.23. The van der Waals surface area contributed by atoms with Crippen LogP contribution in [-0.2, 0) is 9.47 Å². The number of H-pyrrole nitrogens is 1. The molecule has 0 aliphatic carbocycles. The number of anilines is 2. The van der Waals surface area contributed by atoms with Gasteiger partial charge in [0.25, 0.3) is 5.56 Å². The molecule has 3 aliphatic heterocycles. The van der Waals surface area contributed by atoms with Crippen molar-refractivity contribution in [3.8, 4) is 0 Å². The fourth-order valence-corrected chi connectivity index (χ4v) is 5.12. The maximum Gasteiger partial charge on any atom is 0.259 e. The second-order valence-corrected chi connectivity index (χ2v) is 9.35. The molecule has 3 aliphatic rings. The summed E-state index contributed by atoms with van der Waals surface area (Å²) in [4.78, 5) is 20.4. The van der Waals surface area contributed by atoms with Gasteiger partial charge in [0.2, 0.25) is 0 Å². The number of rotatable bonds is 6. The Morgan fingerprint density at radius 3 is 2.69 bits per heavy atom. The van der Waals surface area contributed by atoms with E-state index in [4.69, 9.17) is 14.5 Å². The van der Waals surface area contributed by atoms with Gasteiger partial charge in [-0.3, -0.25) is 9.80 Å². The highest BCUT2D eigenvalue weighted by Gasteiger charge is 2.26. The summed E-state index contributed by atoms with van der Waals surface area (Å²) in [6, 6.07) is 12.4. The Kier molecular flexibility index (Phi) is 6.20. The SMILES string of the molecule is O=c1[nH]ccc2cc(C3C=NN(CC4OCCO4)C3)nc(Nc3ccc(C4CCNCC4)cc3)c12. The number of aromatic amines is 1. The molecule has 5 heterocycles. The van der Waals surface area contributed by atoms with Crippen molar-refractivity contribution in [2.24, 2.45) is 5.10 Å². The van der Waals surface area contributed by atoms with Crippen LogP contribution in [0.1, 0.15) is 35.9 Å². The molecule has 2 aromatic heterocycles. The van der Waals surface area contributed by atoms with Gasteiger partial charge in [0, 0.05) is 24.6 Å². The highest BCUT2D eigenvalue weighted by molar-refractivity contribution is 5.93. The van der Waals surface area contributed by atoms with Crippen LogP contribution in [0.25, 0.3) is 10.8 Å². The van der Waals surface area contributed by atoms with Crippen LogP contribution >= 0.6 is 0 Å². The Bertz CT molecular complexity index is 1260. The molecule has 1 atom stereocenters. The van der Waals surface area contributed by atoms with Crippen molar-refractivity contribution in [1.29, 1.82) is 0 Å². The Morgan fingerprint density at radius 2 is 1.89 bits per heavy atom. The second kappa shape index (κ2) is 9.77. The number of aromatic nitrogens is 2. The van der Waals surface area contributed by atoms with Crippen LogP contribution < -0.4 is 16.2 Å². The topological polar surface area (TPSA) is 104 Å². The molecular weight excluding hydrogens is 444 g/mol. The van der Waals surface area contributed by atoms with Gasteiger partial charge >= 0.3 is 0 Å². The van der Waals surface area contributed by atoms with Crippen LogP contribution in [0.2, 0.25) is 0 Å². The molecule has 6 rings (SSSR count). The zero-order valence-electron chi connectivity index (χ0n) is 19.6. The van der Waals surface area contributed by atoms with Gasteiger partial charge in [-0.25, -0.2) is 4.98 Å². The van der Waals surface area contributed by atoms with E-state index in [2.05, 4.69) is 45.0 Å². The van der Waals surface area contributed by atoms with Crippen molar-refractivity contribution in [3.05, 3.63) is 64.2 Å². The van der Waals surface area contributed by atoms with E-state index in [9.17, 15) is 4.79 Å². The number of ether oxygens (including phenoxy) is 2. The molecule has 3 N–H and O–H groups in total. The molecule has 2 fully saturated rings. The zero-order valence-corrected chi connectivity index (χ0v) is 19.6. The second-order valence-electron chi connectivity index (χ2n) is 9.35. The number of piperidine rings is 1. The Morgan fingerprint density at radius 1 is 1.09 bits per heavy atom. The lowest BCUT2D eigenvalue weighted by atomic mass is 9.90. The van der Waals surface area contributed by atoms with Gasteiger partial charge < -0.3 is 25.1 Å². The molecule has 0 spiro atoms. The third kappa shape index (κ3) is 4.80. The summed E-state index contributed by atoms with van der Waals surface area (Å²) in [6.07, 6.45) is 5.67. The van der Waals surface area contributed by atoms with E-state index < -0.39 is 0 Å². The van der Waals surface area contributed by atoms with Gasteiger partial charge in [-0.15, -0.1) is 0 Å². The molecule has 0 saturated carbocycles. The molecule has 2 saturated heterocycles. The monoisotopic (exact) mass is 474 g/mol. The number of benzene rings is 1. The Hall–Kier alpha value is -3.27. The molecule has 9 heteroatoms. The quantitative estimate of drug-likeness (QED) is 0.505. The summed E-state index contributed by atoms with van der Waals surface area (Å²) in [5.74, 6) is 1.17. The van der Waals surface area contributed by atoms with Gasteiger partial charge in [0.15, 0.2) is 6.29 Å². The van der Waals surface area contributed by atoms with Gasteiger partial charge in [0.05, 0.1) is 36.8 Å². The van der Waals surface area contributed by atoms with Gasteiger partial charge in [-0.2, -0.15) is 5.10 Å². The van der Waals surface area contributed by atoms with E-state index in [1.807, 2.05) is 23.4 Å².